The molecule has 0 aliphatic carbocycles. The fourth-order valence-corrected chi connectivity index (χ4v) is 1.66. The van der Waals surface area contributed by atoms with E-state index in [0.717, 1.165) is 19.1 Å². The molecule has 0 spiro atoms. The van der Waals surface area contributed by atoms with Crippen molar-refractivity contribution in [2.24, 2.45) is 5.92 Å². The minimum Gasteiger partial charge on any atom is -0.481 e. The molecule has 0 unspecified atom stereocenters. The van der Waals surface area contributed by atoms with Gasteiger partial charge in [0.1, 0.15) is 5.82 Å². The Kier molecular flexibility index (Phi) is 4.21. The van der Waals surface area contributed by atoms with Crippen molar-refractivity contribution in [1.82, 2.24) is 0 Å². The molecule has 0 saturated heterocycles. The van der Waals surface area contributed by atoms with Gasteiger partial charge in [-0.1, -0.05) is 24.6 Å². The summed E-state index contributed by atoms with van der Waals surface area (Å²) in [5, 5.41) is 8.59. The van der Waals surface area contributed by atoms with Crippen molar-refractivity contribution < 1.29 is 27.5 Å². The molecule has 0 saturated carbocycles. The number of rotatable bonds is 3. The number of aliphatic carboxylic acids is 1. The Morgan fingerprint density at radius 1 is 1.39 bits per heavy atom. The topological polar surface area (TPSA) is 37.3 Å². The monoisotopic (exact) mass is 284 g/mol. The first-order valence-electron chi connectivity index (χ1n) is 4.89. The second kappa shape index (κ2) is 5.14. The maximum atomic E-state index is 13.2. The van der Waals surface area contributed by atoms with Crippen LogP contribution < -0.4 is 0 Å². The zero-order valence-electron chi connectivity index (χ0n) is 9.13. The van der Waals surface area contributed by atoms with E-state index in [1.807, 2.05) is 0 Å². The van der Waals surface area contributed by atoms with Crippen molar-refractivity contribution in [2.75, 3.05) is 0 Å². The van der Waals surface area contributed by atoms with E-state index in [9.17, 15) is 22.4 Å². The Labute approximate surface area is 105 Å². The smallest absolute Gasteiger partial charge is 0.392 e. The Bertz CT molecular complexity index is 459. The third-order valence-electron chi connectivity index (χ3n) is 2.59. The summed E-state index contributed by atoms with van der Waals surface area (Å²) in [4.78, 5) is 10.9. The second-order valence-corrected chi connectivity index (χ2v) is 4.23. The molecule has 0 aliphatic heterocycles. The molecule has 0 bridgehead atoms. The van der Waals surface area contributed by atoms with Gasteiger partial charge >= 0.3 is 12.1 Å². The quantitative estimate of drug-likeness (QED) is 0.856. The second-order valence-electron chi connectivity index (χ2n) is 3.82. The van der Waals surface area contributed by atoms with Crippen molar-refractivity contribution in [2.45, 2.75) is 19.0 Å². The van der Waals surface area contributed by atoms with Crippen LogP contribution in [0.2, 0.25) is 5.02 Å². The molecule has 0 heterocycles. The molecule has 0 aromatic heterocycles. The molecule has 1 rings (SSSR count). The number of carboxylic acids is 1. The lowest BCUT2D eigenvalue weighted by Gasteiger charge is -2.23. The van der Waals surface area contributed by atoms with Crippen LogP contribution in [0.1, 0.15) is 18.4 Å². The SMILES string of the molecule is C[C@H]([C@H](C(=O)O)c1ccc(Cl)c(F)c1)C(F)(F)F. The van der Waals surface area contributed by atoms with Gasteiger partial charge in [0, 0.05) is 0 Å². The number of carboxylic acid groups (broad SMARTS) is 1. The predicted molar refractivity (Wildman–Crippen MR) is 57.0 cm³/mol. The summed E-state index contributed by atoms with van der Waals surface area (Å²) in [6, 6.07) is 2.82. The van der Waals surface area contributed by atoms with E-state index in [0.29, 0.717) is 6.07 Å². The molecule has 2 atom stereocenters. The maximum absolute atomic E-state index is 13.2. The van der Waals surface area contributed by atoms with Gasteiger partial charge in [0.05, 0.1) is 16.9 Å². The zero-order valence-corrected chi connectivity index (χ0v) is 9.89. The van der Waals surface area contributed by atoms with Crippen LogP contribution in [0.4, 0.5) is 17.6 Å². The van der Waals surface area contributed by atoms with Gasteiger partial charge in [-0.05, 0) is 17.7 Å². The van der Waals surface area contributed by atoms with Gasteiger partial charge in [0.25, 0.3) is 0 Å². The van der Waals surface area contributed by atoms with Gasteiger partial charge in [-0.25, -0.2) is 4.39 Å². The third kappa shape index (κ3) is 3.13. The summed E-state index contributed by atoms with van der Waals surface area (Å²) in [6.45, 7) is 0.741. The number of halogens is 5. The van der Waals surface area contributed by atoms with Gasteiger partial charge in [-0.3, -0.25) is 4.79 Å². The fraction of sp³-hybridized carbons (Fsp3) is 0.364. The van der Waals surface area contributed by atoms with Crippen LogP contribution in [0.25, 0.3) is 0 Å². The highest BCUT2D eigenvalue weighted by atomic mass is 35.5. The lowest BCUT2D eigenvalue weighted by Crippen LogP contribution is -2.31. The van der Waals surface area contributed by atoms with E-state index in [2.05, 4.69) is 0 Å². The largest absolute Gasteiger partial charge is 0.481 e. The number of carbonyl (C=O) groups is 1. The van der Waals surface area contributed by atoms with E-state index in [-0.39, 0.29) is 10.6 Å². The van der Waals surface area contributed by atoms with Gasteiger partial charge < -0.3 is 5.11 Å². The van der Waals surface area contributed by atoms with Crippen LogP contribution >= 0.6 is 11.6 Å². The molecule has 0 fully saturated rings. The van der Waals surface area contributed by atoms with Crippen LogP contribution in [0.5, 0.6) is 0 Å². The average Bonchev–Trinajstić information content (AvgIpc) is 2.21. The third-order valence-corrected chi connectivity index (χ3v) is 2.89. The molecule has 7 heteroatoms. The maximum Gasteiger partial charge on any atom is 0.392 e. The van der Waals surface area contributed by atoms with Crippen molar-refractivity contribution >= 4 is 17.6 Å². The highest BCUT2D eigenvalue weighted by Gasteiger charge is 2.45. The van der Waals surface area contributed by atoms with E-state index in [1.54, 1.807) is 0 Å². The minimum atomic E-state index is -4.68. The van der Waals surface area contributed by atoms with Gasteiger partial charge in [-0.2, -0.15) is 13.2 Å². The number of hydrogen-bond acceptors (Lipinski definition) is 1. The van der Waals surface area contributed by atoms with E-state index in [4.69, 9.17) is 16.7 Å². The average molecular weight is 285 g/mol. The van der Waals surface area contributed by atoms with Crippen LogP contribution in [0.15, 0.2) is 18.2 Å². The fourth-order valence-electron chi connectivity index (χ4n) is 1.54. The lowest BCUT2D eigenvalue weighted by molar-refractivity contribution is -0.183. The Balaban J connectivity index is 3.21. The molecule has 100 valence electrons. The summed E-state index contributed by atoms with van der Waals surface area (Å²) < 4.78 is 50.8. The lowest BCUT2D eigenvalue weighted by atomic mass is 9.87. The molecular formula is C11H9ClF4O2. The molecule has 0 amide bonds. The Hall–Kier alpha value is -1.30. The molecule has 1 aromatic carbocycles. The van der Waals surface area contributed by atoms with Crippen LogP contribution in [0, 0.1) is 11.7 Å². The van der Waals surface area contributed by atoms with Crippen molar-refractivity contribution in [3.8, 4) is 0 Å². The van der Waals surface area contributed by atoms with Gasteiger partial charge in [0.15, 0.2) is 0 Å². The highest BCUT2D eigenvalue weighted by molar-refractivity contribution is 6.30. The molecule has 18 heavy (non-hydrogen) atoms. The summed E-state index contributed by atoms with van der Waals surface area (Å²) in [5.41, 5.74) is -0.269. The molecule has 1 N–H and O–H groups in total. The molecule has 2 nitrogen and oxygen atoms in total. The minimum absolute atomic E-state index is 0.269. The van der Waals surface area contributed by atoms with Crippen LogP contribution in [0.3, 0.4) is 0 Å². The molecular weight excluding hydrogens is 276 g/mol. The first-order valence-corrected chi connectivity index (χ1v) is 5.27. The van der Waals surface area contributed by atoms with Gasteiger partial charge in [-0.15, -0.1) is 0 Å². The summed E-state index contributed by atoms with van der Waals surface area (Å²) in [6.07, 6.45) is -4.68. The standard InChI is InChI=1S/C11H9ClF4O2/c1-5(11(14,15)16)9(10(17)18)6-2-3-7(12)8(13)4-6/h2-5,9H,1H3,(H,17,18)/t5-,9+/m1/s1. The van der Waals surface area contributed by atoms with Crippen molar-refractivity contribution in [1.29, 1.82) is 0 Å². The number of alkyl halides is 3. The molecule has 0 aliphatic rings. The summed E-state index contributed by atoms with van der Waals surface area (Å²) in [5.74, 6) is -6.61. The summed E-state index contributed by atoms with van der Waals surface area (Å²) >= 11 is 5.39. The van der Waals surface area contributed by atoms with Gasteiger partial charge in [0.2, 0.25) is 0 Å². The highest BCUT2D eigenvalue weighted by Crippen LogP contribution is 2.38. The van der Waals surface area contributed by atoms with E-state index >= 15 is 0 Å². The normalized spacial score (nSPS) is 15.2. The van der Waals surface area contributed by atoms with Crippen molar-refractivity contribution in [3.05, 3.63) is 34.6 Å². The van der Waals surface area contributed by atoms with E-state index in [1.165, 1.54) is 0 Å². The summed E-state index contributed by atoms with van der Waals surface area (Å²) in [7, 11) is 0. The van der Waals surface area contributed by atoms with Crippen LogP contribution in [-0.4, -0.2) is 17.3 Å². The van der Waals surface area contributed by atoms with Crippen LogP contribution in [-0.2, 0) is 4.79 Å². The zero-order chi connectivity index (χ0) is 14.1. The Morgan fingerprint density at radius 3 is 2.33 bits per heavy atom. The first kappa shape index (κ1) is 14.8. The first-order chi connectivity index (χ1) is 8.14. The predicted octanol–water partition coefficient (Wildman–Crippen LogP) is 3.85. The molecule has 0 radical (unpaired) electrons. The number of hydrogen-bond donors (Lipinski definition) is 1. The van der Waals surface area contributed by atoms with Crippen molar-refractivity contribution in [3.63, 3.8) is 0 Å². The Morgan fingerprint density at radius 2 is 1.94 bits per heavy atom. The molecule has 1 aromatic rings. The number of benzene rings is 1. The van der Waals surface area contributed by atoms with E-state index < -0.39 is 29.8 Å².